The van der Waals surface area contributed by atoms with Crippen LogP contribution in [0.5, 0.6) is 5.75 Å². The van der Waals surface area contributed by atoms with E-state index in [0.29, 0.717) is 0 Å². The number of esters is 3. The van der Waals surface area contributed by atoms with Crippen molar-refractivity contribution in [3.63, 3.8) is 0 Å². The number of fused-ring (bicyclic) bond motifs is 5. The molecule has 0 unspecified atom stereocenters. The molecule has 3 aliphatic heterocycles. The largest absolute Gasteiger partial charge is 0.427 e. The van der Waals surface area contributed by atoms with E-state index < -0.39 is 59.6 Å². The van der Waals surface area contributed by atoms with Gasteiger partial charge in [0.05, 0.1) is 23.6 Å². The second-order valence-corrected chi connectivity index (χ2v) is 7.45. The molecule has 2 fully saturated rings. The number of hydrogen-bond acceptors (Lipinski definition) is 9. The molecule has 1 aromatic rings. The second kappa shape index (κ2) is 7.31. The van der Waals surface area contributed by atoms with E-state index in [0.717, 1.165) is 18.7 Å². The topological polar surface area (TPSA) is 126 Å². The van der Waals surface area contributed by atoms with E-state index >= 15 is 0 Å². The molecule has 2 saturated heterocycles. The van der Waals surface area contributed by atoms with E-state index in [2.05, 4.69) is 0 Å². The Morgan fingerprint density at radius 1 is 0.968 bits per heavy atom. The highest BCUT2D eigenvalue weighted by Crippen LogP contribution is 2.54. The minimum Gasteiger partial charge on any atom is -0.427 e. The molecule has 0 radical (unpaired) electrons. The lowest BCUT2D eigenvalue weighted by Gasteiger charge is -2.34. The van der Waals surface area contributed by atoms with Gasteiger partial charge in [0.1, 0.15) is 5.75 Å². The quantitative estimate of drug-likeness (QED) is 0.220. The Morgan fingerprint density at radius 2 is 1.58 bits per heavy atom. The zero-order valence-corrected chi connectivity index (χ0v) is 16.9. The molecule has 10 nitrogen and oxygen atoms in total. The zero-order valence-electron chi connectivity index (χ0n) is 16.9. The summed E-state index contributed by atoms with van der Waals surface area (Å²) in [4.78, 5) is 61.8. The molecule has 31 heavy (non-hydrogen) atoms. The molecule has 3 aliphatic rings. The Balaban J connectivity index is 1.68. The van der Waals surface area contributed by atoms with E-state index in [1.54, 1.807) is 6.08 Å². The van der Waals surface area contributed by atoms with Crippen LogP contribution in [-0.2, 0) is 38.2 Å². The molecule has 3 heterocycles. The van der Waals surface area contributed by atoms with Gasteiger partial charge in [-0.15, -0.1) is 0 Å². The number of nitrogens with zero attached hydrogens (tertiary/aromatic N) is 1. The molecule has 0 saturated carbocycles. The van der Waals surface area contributed by atoms with Crippen molar-refractivity contribution in [1.29, 1.82) is 0 Å². The van der Waals surface area contributed by atoms with Gasteiger partial charge in [-0.1, -0.05) is 6.08 Å². The van der Waals surface area contributed by atoms with Crippen LogP contribution in [0, 0.1) is 11.8 Å². The number of rotatable bonds is 5. The molecular formula is C21H19NO9. The maximum Gasteiger partial charge on any atom is 0.308 e. The van der Waals surface area contributed by atoms with E-state index in [1.165, 1.54) is 37.3 Å². The number of amides is 2. The molecule has 4 rings (SSSR count). The average molecular weight is 429 g/mol. The van der Waals surface area contributed by atoms with Crippen molar-refractivity contribution in [3.05, 3.63) is 36.4 Å². The van der Waals surface area contributed by atoms with E-state index in [1.807, 2.05) is 0 Å². The first kappa shape index (κ1) is 20.7. The minimum atomic E-state index is -1.61. The third kappa shape index (κ3) is 3.28. The van der Waals surface area contributed by atoms with Crippen LogP contribution in [0.3, 0.4) is 0 Å². The van der Waals surface area contributed by atoms with Crippen LogP contribution >= 0.6 is 0 Å². The number of benzene rings is 1. The standard InChI is InChI=1S/C21H19NO9/c1-10(23)28-14-6-4-13(5-7-14)22-18(26)16-15-8-9-21(31-15,17(16)19(22)27)20(29-11(2)24)30-12(3)25/h4-9,15-17,20H,1-3H3/t15-,16-,17-,21-/m0/s1. The minimum absolute atomic E-state index is 0.266. The van der Waals surface area contributed by atoms with Crippen molar-refractivity contribution in [2.24, 2.45) is 11.8 Å². The van der Waals surface area contributed by atoms with Crippen molar-refractivity contribution in [2.75, 3.05) is 4.90 Å². The third-order valence-electron chi connectivity index (χ3n) is 5.35. The highest BCUT2D eigenvalue weighted by Gasteiger charge is 2.72. The Kier molecular flexibility index (Phi) is 4.89. The van der Waals surface area contributed by atoms with Crippen LogP contribution < -0.4 is 9.64 Å². The Morgan fingerprint density at radius 3 is 2.13 bits per heavy atom. The molecule has 10 heteroatoms. The van der Waals surface area contributed by atoms with E-state index in [4.69, 9.17) is 18.9 Å². The highest BCUT2D eigenvalue weighted by atomic mass is 16.7. The summed E-state index contributed by atoms with van der Waals surface area (Å²) in [5.74, 6) is -4.69. The van der Waals surface area contributed by atoms with Gasteiger partial charge in [-0.3, -0.25) is 24.0 Å². The fraction of sp³-hybridized carbons (Fsp3) is 0.381. The molecule has 1 aromatic carbocycles. The first-order chi connectivity index (χ1) is 14.6. The van der Waals surface area contributed by atoms with Crippen LogP contribution in [0.2, 0.25) is 0 Å². The highest BCUT2D eigenvalue weighted by molar-refractivity contribution is 6.23. The number of imide groups is 1. The van der Waals surface area contributed by atoms with Gasteiger partial charge in [-0.05, 0) is 30.3 Å². The monoisotopic (exact) mass is 429 g/mol. The summed E-state index contributed by atoms with van der Waals surface area (Å²) in [5.41, 5.74) is -1.32. The number of carbonyl (C=O) groups excluding carboxylic acids is 5. The third-order valence-corrected chi connectivity index (χ3v) is 5.35. The first-order valence-corrected chi connectivity index (χ1v) is 9.52. The molecule has 0 aliphatic carbocycles. The van der Waals surface area contributed by atoms with Crippen LogP contribution in [0.15, 0.2) is 36.4 Å². The van der Waals surface area contributed by atoms with Crippen molar-refractivity contribution >= 4 is 35.4 Å². The lowest BCUT2D eigenvalue weighted by Crippen LogP contribution is -2.52. The smallest absolute Gasteiger partial charge is 0.308 e. The Labute approximate surface area is 176 Å². The lowest BCUT2D eigenvalue weighted by molar-refractivity contribution is -0.226. The van der Waals surface area contributed by atoms with Gasteiger partial charge >= 0.3 is 17.9 Å². The summed E-state index contributed by atoms with van der Waals surface area (Å²) in [6.07, 6.45) is 0.843. The molecule has 0 N–H and O–H groups in total. The summed E-state index contributed by atoms with van der Waals surface area (Å²) in [7, 11) is 0. The number of ether oxygens (including phenoxy) is 4. The van der Waals surface area contributed by atoms with E-state index in [9.17, 15) is 24.0 Å². The summed E-state index contributed by atoms with van der Waals surface area (Å²) >= 11 is 0. The Hall–Kier alpha value is -3.53. The van der Waals surface area contributed by atoms with Crippen LogP contribution in [-0.4, -0.2) is 47.7 Å². The SMILES string of the molecule is CC(=O)Oc1ccc(N2C(=O)[C@H]3[C@@H]4C=C[C@](C(OC(C)=O)OC(C)=O)(O4)[C@@H]3C2=O)cc1. The maximum atomic E-state index is 13.4. The second-order valence-electron chi connectivity index (χ2n) is 7.45. The van der Waals surface area contributed by atoms with Crippen molar-refractivity contribution < 1.29 is 42.9 Å². The fourth-order valence-electron chi connectivity index (χ4n) is 4.30. The van der Waals surface area contributed by atoms with Crippen molar-refractivity contribution in [1.82, 2.24) is 0 Å². The molecule has 0 spiro atoms. The molecule has 2 bridgehead atoms. The Bertz CT molecular complexity index is 998. The molecule has 162 valence electrons. The average Bonchev–Trinajstić information content (AvgIpc) is 3.32. The van der Waals surface area contributed by atoms with Crippen molar-refractivity contribution in [2.45, 2.75) is 38.8 Å². The maximum absolute atomic E-state index is 13.4. The predicted octanol–water partition coefficient (Wildman–Crippen LogP) is 0.877. The first-order valence-electron chi connectivity index (χ1n) is 9.52. The van der Waals surface area contributed by atoms with Crippen LogP contribution in [0.4, 0.5) is 5.69 Å². The number of hydrogen-bond donors (Lipinski definition) is 0. The predicted molar refractivity (Wildman–Crippen MR) is 101 cm³/mol. The molecular weight excluding hydrogens is 410 g/mol. The normalized spacial score (nSPS) is 28.1. The summed E-state index contributed by atoms with van der Waals surface area (Å²) in [6.45, 7) is 3.52. The summed E-state index contributed by atoms with van der Waals surface area (Å²) < 4.78 is 21.2. The number of carbonyl (C=O) groups is 5. The van der Waals surface area contributed by atoms with Crippen molar-refractivity contribution in [3.8, 4) is 5.75 Å². The van der Waals surface area contributed by atoms with Gasteiger partial charge in [0.15, 0.2) is 5.60 Å². The molecule has 0 aromatic heterocycles. The summed E-state index contributed by atoms with van der Waals surface area (Å²) in [5, 5.41) is 0. The van der Waals surface area contributed by atoms with Gasteiger partial charge in [0.25, 0.3) is 6.29 Å². The van der Waals surface area contributed by atoms with Gasteiger partial charge in [0.2, 0.25) is 11.8 Å². The zero-order chi connectivity index (χ0) is 22.5. The molecule has 2 amide bonds. The van der Waals surface area contributed by atoms with Crippen LogP contribution in [0.25, 0.3) is 0 Å². The van der Waals surface area contributed by atoms with Gasteiger partial charge < -0.3 is 18.9 Å². The number of anilines is 1. The molecule has 4 atom stereocenters. The van der Waals surface area contributed by atoms with Gasteiger partial charge in [-0.25, -0.2) is 4.90 Å². The van der Waals surface area contributed by atoms with E-state index in [-0.39, 0.29) is 11.4 Å². The van der Waals surface area contributed by atoms with Gasteiger partial charge in [0, 0.05) is 20.8 Å². The summed E-state index contributed by atoms with van der Waals surface area (Å²) in [6, 6.07) is 5.89. The van der Waals surface area contributed by atoms with Crippen LogP contribution in [0.1, 0.15) is 20.8 Å². The van der Waals surface area contributed by atoms with Gasteiger partial charge in [-0.2, -0.15) is 0 Å². The lowest BCUT2D eigenvalue weighted by atomic mass is 9.76. The fourth-order valence-corrected chi connectivity index (χ4v) is 4.30.